The van der Waals surface area contributed by atoms with Crippen molar-refractivity contribution in [3.63, 3.8) is 0 Å². The van der Waals surface area contributed by atoms with Crippen molar-refractivity contribution in [3.8, 4) is 12.3 Å². The summed E-state index contributed by atoms with van der Waals surface area (Å²) in [5.41, 5.74) is 5.57. The first-order valence-electron chi connectivity index (χ1n) is 3.96. The maximum Gasteiger partial charge on any atom is 0.00860 e. The van der Waals surface area contributed by atoms with Crippen LogP contribution in [0.15, 0.2) is 0 Å². The van der Waals surface area contributed by atoms with E-state index in [0.29, 0.717) is 6.04 Å². The topological polar surface area (TPSA) is 26.0 Å². The highest BCUT2D eigenvalue weighted by Gasteiger charge is 1.92. The molecule has 1 nitrogen and oxygen atoms in total. The Bertz CT molecular complexity index is 99.8. The van der Waals surface area contributed by atoms with Gasteiger partial charge in [0, 0.05) is 12.5 Å². The average Bonchev–Trinajstić information content (AvgIpc) is 1.87. The number of nitrogens with two attached hydrogens (primary N) is 1. The minimum atomic E-state index is 0.353. The first-order valence-corrected chi connectivity index (χ1v) is 3.96. The molecule has 0 bridgehead atoms. The van der Waals surface area contributed by atoms with Gasteiger partial charge >= 0.3 is 0 Å². The lowest BCUT2D eigenvalue weighted by Crippen LogP contribution is -2.13. The lowest BCUT2D eigenvalue weighted by atomic mass is 10.1. The molecule has 10 heavy (non-hydrogen) atoms. The third kappa shape index (κ3) is 7.52. The molecule has 1 atom stereocenters. The molecule has 0 aromatic rings. The van der Waals surface area contributed by atoms with Crippen LogP contribution in [-0.4, -0.2) is 6.04 Å². The Labute approximate surface area is 64.0 Å². The summed E-state index contributed by atoms with van der Waals surface area (Å²) in [7, 11) is 0. The van der Waals surface area contributed by atoms with E-state index in [0.717, 1.165) is 19.3 Å². The van der Waals surface area contributed by atoms with Gasteiger partial charge in [0.1, 0.15) is 0 Å². The lowest BCUT2D eigenvalue weighted by Gasteiger charge is -2.02. The maximum absolute atomic E-state index is 5.57. The molecule has 0 saturated carbocycles. The molecule has 0 aliphatic carbocycles. The zero-order valence-electron chi connectivity index (χ0n) is 6.77. The van der Waals surface area contributed by atoms with E-state index in [2.05, 4.69) is 5.92 Å². The van der Waals surface area contributed by atoms with Crippen LogP contribution >= 0.6 is 0 Å². The smallest absolute Gasteiger partial charge is 0.00860 e. The summed E-state index contributed by atoms with van der Waals surface area (Å²) in [4.78, 5) is 0. The largest absolute Gasteiger partial charge is 0.328 e. The fourth-order valence-electron chi connectivity index (χ4n) is 0.870. The minimum absolute atomic E-state index is 0.353. The molecule has 0 radical (unpaired) electrons. The van der Waals surface area contributed by atoms with E-state index in [-0.39, 0.29) is 0 Å². The van der Waals surface area contributed by atoms with Gasteiger partial charge in [-0.3, -0.25) is 0 Å². The Balaban J connectivity index is 2.86. The summed E-state index contributed by atoms with van der Waals surface area (Å²) < 4.78 is 0. The third-order valence-corrected chi connectivity index (χ3v) is 1.48. The van der Waals surface area contributed by atoms with Gasteiger partial charge in [-0.25, -0.2) is 0 Å². The zero-order chi connectivity index (χ0) is 7.82. The van der Waals surface area contributed by atoms with Crippen LogP contribution < -0.4 is 5.73 Å². The molecule has 1 heteroatoms. The van der Waals surface area contributed by atoms with E-state index in [9.17, 15) is 0 Å². The van der Waals surface area contributed by atoms with Gasteiger partial charge in [0.05, 0.1) is 0 Å². The minimum Gasteiger partial charge on any atom is -0.328 e. The number of terminal acetylenes is 1. The van der Waals surface area contributed by atoms with Crippen LogP contribution in [0.25, 0.3) is 0 Å². The van der Waals surface area contributed by atoms with Crippen molar-refractivity contribution in [2.45, 2.75) is 45.1 Å². The van der Waals surface area contributed by atoms with Crippen LogP contribution in [0, 0.1) is 12.3 Å². The van der Waals surface area contributed by atoms with E-state index >= 15 is 0 Å². The summed E-state index contributed by atoms with van der Waals surface area (Å²) >= 11 is 0. The van der Waals surface area contributed by atoms with Crippen molar-refractivity contribution in [2.75, 3.05) is 0 Å². The van der Waals surface area contributed by atoms with Crippen LogP contribution in [-0.2, 0) is 0 Å². The van der Waals surface area contributed by atoms with Crippen LogP contribution in [0.4, 0.5) is 0 Å². The Morgan fingerprint density at radius 2 is 2.10 bits per heavy atom. The van der Waals surface area contributed by atoms with Crippen molar-refractivity contribution < 1.29 is 0 Å². The SMILES string of the molecule is C#CCCCCCC(C)N. The lowest BCUT2D eigenvalue weighted by molar-refractivity contribution is 0.584. The van der Waals surface area contributed by atoms with E-state index in [1.807, 2.05) is 6.92 Å². The van der Waals surface area contributed by atoms with Gasteiger partial charge in [-0.2, -0.15) is 0 Å². The van der Waals surface area contributed by atoms with E-state index < -0.39 is 0 Å². The molecule has 2 N–H and O–H groups in total. The van der Waals surface area contributed by atoms with Crippen LogP contribution in [0.2, 0.25) is 0 Å². The van der Waals surface area contributed by atoms with Gasteiger partial charge in [-0.05, 0) is 19.8 Å². The van der Waals surface area contributed by atoms with Crippen molar-refractivity contribution >= 4 is 0 Å². The standard InChI is InChI=1S/C9H17N/c1-3-4-5-6-7-8-9(2)10/h1,9H,4-8,10H2,2H3. The molecule has 0 saturated heterocycles. The summed E-state index contributed by atoms with van der Waals surface area (Å²) in [5.74, 6) is 2.62. The Kier molecular flexibility index (Phi) is 6.32. The van der Waals surface area contributed by atoms with Crippen molar-refractivity contribution in [2.24, 2.45) is 5.73 Å². The molecule has 0 aromatic heterocycles. The molecular weight excluding hydrogens is 122 g/mol. The summed E-state index contributed by atoms with van der Waals surface area (Å²) in [6.45, 7) is 2.04. The Morgan fingerprint density at radius 1 is 1.40 bits per heavy atom. The fraction of sp³-hybridized carbons (Fsp3) is 0.778. The average molecular weight is 139 g/mol. The molecule has 58 valence electrons. The predicted octanol–water partition coefficient (Wildman–Crippen LogP) is 1.92. The van der Waals surface area contributed by atoms with E-state index in [4.69, 9.17) is 12.2 Å². The van der Waals surface area contributed by atoms with Gasteiger partial charge in [-0.1, -0.05) is 12.8 Å². The molecule has 0 fully saturated rings. The highest BCUT2D eigenvalue weighted by atomic mass is 14.6. The molecule has 0 aromatic carbocycles. The van der Waals surface area contributed by atoms with Crippen molar-refractivity contribution in [1.82, 2.24) is 0 Å². The molecule has 1 unspecified atom stereocenters. The monoisotopic (exact) mass is 139 g/mol. The summed E-state index contributed by atoms with van der Waals surface area (Å²) in [6.07, 6.45) is 10.7. The van der Waals surface area contributed by atoms with Crippen LogP contribution in [0.1, 0.15) is 39.0 Å². The Morgan fingerprint density at radius 3 is 2.60 bits per heavy atom. The second-order valence-corrected chi connectivity index (χ2v) is 2.78. The van der Waals surface area contributed by atoms with Gasteiger partial charge in [-0.15, -0.1) is 12.3 Å². The van der Waals surface area contributed by atoms with Crippen molar-refractivity contribution in [1.29, 1.82) is 0 Å². The third-order valence-electron chi connectivity index (χ3n) is 1.48. The molecule has 0 aliphatic heterocycles. The molecule has 0 spiro atoms. The first kappa shape index (κ1) is 9.52. The number of unbranched alkanes of at least 4 members (excludes halogenated alkanes) is 3. The predicted molar refractivity (Wildman–Crippen MR) is 45.6 cm³/mol. The van der Waals surface area contributed by atoms with Crippen LogP contribution in [0.3, 0.4) is 0 Å². The van der Waals surface area contributed by atoms with Crippen molar-refractivity contribution in [3.05, 3.63) is 0 Å². The van der Waals surface area contributed by atoms with E-state index in [1.54, 1.807) is 0 Å². The second-order valence-electron chi connectivity index (χ2n) is 2.78. The van der Waals surface area contributed by atoms with Gasteiger partial charge in [0.25, 0.3) is 0 Å². The second kappa shape index (κ2) is 6.64. The molecule has 0 amide bonds. The number of rotatable bonds is 5. The van der Waals surface area contributed by atoms with Gasteiger partial charge in [0.2, 0.25) is 0 Å². The molecule has 0 heterocycles. The number of hydrogen-bond donors (Lipinski definition) is 1. The quantitative estimate of drug-likeness (QED) is 0.457. The summed E-state index contributed by atoms with van der Waals surface area (Å²) in [6, 6.07) is 0.353. The molecule has 0 rings (SSSR count). The normalized spacial score (nSPS) is 12.5. The zero-order valence-corrected chi connectivity index (χ0v) is 6.77. The summed E-state index contributed by atoms with van der Waals surface area (Å²) in [5, 5.41) is 0. The first-order chi connectivity index (χ1) is 4.77. The van der Waals surface area contributed by atoms with E-state index in [1.165, 1.54) is 12.8 Å². The van der Waals surface area contributed by atoms with Gasteiger partial charge < -0.3 is 5.73 Å². The highest BCUT2D eigenvalue weighted by molar-refractivity contribution is 4.82. The fourth-order valence-corrected chi connectivity index (χ4v) is 0.870. The van der Waals surface area contributed by atoms with Crippen LogP contribution in [0.5, 0.6) is 0 Å². The number of hydrogen-bond acceptors (Lipinski definition) is 1. The molecule has 0 aliphatic rings. The highest BCUT2D eigenvalue weighted by Crippen LogP contribution is 2.03. The van der Waals surface area contributed by atoms with Gasteiger partial charge in [0.15, 0.2) is 0 Å². The Hall–Kier alpha value is -0.480. The maximum atomic E-state index is 5.57. The molecular formula is C9H17N.